The minimum atomic E-state index is -3.30. The fraction of sp³-hybridized carbons (Fsp3) is 0.429. The number of hydrogen-bond acceptors (Lipinski definition) is 4. The van der Waals surface area contributed by atoms with Crippen molar-refractivity contribution in [2.75, 3.05) is 30.3 Å². The summed E-state index contributed by atoms with van der Waals surface area (Å²) < 4.78 is 30.9. The summed E-state index contributed by atoms with van der Waals surface area (Å²) in [6.07, 6.45) is 0. The fourth-order valence-electron chi connectivity index (χ4n) is 2.25. The lowest BCUT2D eigenvalue weighted by atomic mass is 10.1. The van der Waals surface area contributed by atoms with E-state index in [1.54, 1.807) is 18.2 Å². The third kappa shape index (κ3) is 2.89. The largest absolute Gasteiger partial charge is 0.495 e. The quantitative estimate of drug-likeness (QED) is 0.821. The third-order valence-electron chi connectivity index (χ3n) is 3.07. The summed E-state index contributed by atoms with van der Waals surface area (Å²) in [5.41, 5.74) is 1.14. The van der Waals surface area contributed by atoms with Crippen LogP contribution in [0.1, 0.15) is 12.5 Å². The number of anilines is 1. The summed E-state index contributed by atoms with van der Waals surface area (Å²) >= 11 is 0. The molecule has 1 N–H and O–H groups in total. The van der Waals surface area contributed by atoms with Gasteiger partial charge in [0.25, 0.3) is 0 Å². The van der Waals surface area contributed by atoms with Gasteiger partial charge >= 0.3 is 0 Å². The van der Waals surface area contributed by atoms with E-state index in [1.807, 2.05) is 6.92 Å². The first-order chi connectivity index (χ1) is 9.47. The van der Waals surface area contributed by atoms with Crippen LogP contribution in [-0.2, 0) is 10.0 Å². The topological polar surface area (TPSA) is 66.8 Å². The van der Waals surface area contributed by atoms with Crippen LogP contribution in [0.4, 0.5) is 5.69 Å². The predicted octanol–water partition coefficient (Wildman–Crippen LogP) is 0.825. The molecule has 0 amide bonds. The number of benzene rings is 1. The van der Waals surface area contributed by atoms with Crippen molar-refractivity contribution >= 4 is 15.7 Å². The van der Waals surface area contributed by atoms with E-state index < -0.39 is 10.0 Å². The molecule has 1 fully saturated rings. The van der Waals surface area contributed by atoms with Crippen molar-refractivity contribution in [3.05, 3.63) is 23.8 Å². The summed E-state index contributed by atoms with van der Waals surface area (Å²) in [6.45, 7) is 2.11. The highest BCUT2D eigenvalue weighted by Crippen LogP contribution is 2.35. The van der Waals surface area contributed by atoms with Crippen LogP contribution >= 0.6 is 0 Å². The number of hydrogen-bond donors (Lipinski definition) is 1. The highest BCUT2D eigenvalue weighted by atomic mass is 32.2. The van der Waals surface area contributed by atoms with Gasteiger partial charge in [-0.3, -0.25) is 4.31 Å². The smallest absolute Gasteiger partial charge is 0.235 e. The van der Waals surface area contributed by atoms with Crippen LogP contribution in [0.5, 0.6) is 5.75 Å². The molecule has 1 saturated heterocycles. The molecule has 5 nitrogen and oxygen atoms in total. The van der Waals surface area contributed by atoms with Gasteiger partial charge in [-0.05, 0) is 24.1 Å². The predicted molar refractivity (Wildman–Crippen MR) is 77.3 cm³/mol. The Morgan fingerprint density at radius 3 is 2.80 bits per heavy atom. The standard InChI is InChI=1S/C14H17NO4S/c1-11-9-15(20(17,18)10-11)13-8-12(4-3-7-16)5-6-14(13)19-2/h5-6,8,11,16H,7,9-10H2,1-2H3. The number of nitrogens with zero attached hydrogens (tertiary/aromatic N) is 1. The van der Waals surface area contributed by atoms with Crippen molar-refractivity contribution in [3.63, 3.8) is 0 Å². The van der Waals surface area contributed by atoms with Gasteiger partial charge in [-0.25, -0.2) is 8.42 Å². The Morgan fingerprint density at radius 2 is 2.25 bits per heavy atom. The molecule has 0 radical (unpaired) electrons. The van der Waals surface area contributed by atoms with Gasteiger partial charge < -0.3 is 9.84 Å². The average molecular weight is 295 g/mol. The molecule has 108 valence electrons. The normalized spacial score (nSPS) is 20.4. The molecule has 0 spiro atoms. The molecule has 1 unspecified atom stereocenters. The van der Waals surface area contributed by atoms with E-state index in [1.165, 1.54) is 11.4 Å². The Hall–Kier alpha value is -1.71. The zero-order chi connectivity index (χ0) is 14.8. The van der Waals surface area contributed by atoms with Gasteiger partial charge in [0.05, 0.1) is 18.6 Å². The van der Waals surface area contributed by atoms with Gasteiger partial charge in [0.15, 0.2) is 0 Å². The van der Waals surface area contributed by atoms with Crippen LogP contribution in [0.3, 0.4) is 0 Å². The molecule has 1 aliphatic heterocycles. The van der Waals surface area contributed by atoms with E-state index in [9.17, 15) is 8.42 Å². The number of aliphatic hydroxyl groups excluding tert-OH is 1. The third-order valence-corrected chi connectivity index (χ3v) is 5.08. The van der Waals surface area contributed by atoms with E-state index in [4.69, 9.17) is 9.84 Å². The maximum atomic E-state index is 12.2. The second kappa shape index (κ2) is 5.73. The van der Waals surface area contributed by atoms with Crippen molar-refractivity contribution in [1.29, 1.82) is 0 Å². The van der Waals surface area contributed by atoms with Crippen molar-refractivity contribution in [2.24, 2.45) is 5.92 Å². The van der Waals surface area contributed by atoms with Gasteiger partial charge in [0, 0.05) is 12.1 Å². The van der Waals surface area contributed by atoms with Gasteiger partial charge in [0.2, 0.25) is 10.0 Å². The lowest BCUT2D eigenvalue weighted by Crippen LogP contribution is -2.25. The molecule has 0 saturated carbocycles. The fourth-order valence-corrected chi connectivity index (χ4v) is 4.18. The highest BCUT2D eigenvalue weighted by Gasteiger charge is 2.35. The number of aliphatic hydroxyl groups is 1. The maximum absolute atomic E-state index is 12.2. The van der Waals surface area contributed by atoms with Gasteiger partial charge in [-0.1, -0.05) is 18.8 Å². The van der Waals surface area contributed by atoms with Crippen molar-refractivity contribution in [3.8, 4) is 17.6 Å². The minimum Gasteiger partial charge on any atom is -0.495 e. The van der Waals surface area contributed by atoms with Gasteiger partial charge in [-0.15, -0.1) is 0 Å². The Morgan fingerprint density at radius 1 is 1.50 bits per heavy atom. The van der Waals surface area contributed by atoms with Crippen molar-refractivity contribution in [2.45, 2.75) is 6.92 Å². The maximum Gasteiger partial charge on any atom is 0.235 e. The molecule has 2 rings (SSSR count). The summed E-state index contributed by atoms with van der Waals surface area (Å²) in [7, 11) is -1.80. The number of sulfonamides is 1. The molecule has 0 bridgehead atoms. The van der Waals surface area contributed by atoms with Crippen molar-refractivity contribution < 1.29 is 18.3 Å². The van der Waals surface area contributed by atoms with Gasteiger partial charge in [-0.2, -0.15) is 0 Å². The summed E-state index contributed by atoms with van der Waals surface area (Å²) in [6, 6.07) is 5.10. The Balaban J connectivity index is 2.48. The molecule has 0 aliphatic carbocycles. The molecular weight excluding hydrogens is 278 g/mol. The molecule has 0 aromatic heterocycles. The van der Waals surface area contributed by atoms with Crippen LogP contribution in [-0.4, -0.2) is 39.5 Å². The van der Waals surface area contributed by atoms with E-state index in [0.717, 1.165) is 0 Å². The Labute approximate surface area is 119 Å². The zero-order valence-electron chi connectivity index (χ0n) is 11.5. The molecule has 1 heterocycles. The lowest BCUT2D eigenvalue weighted by molar-refractivity contribution is 0.350. The van der Waals surface area contributed by atoms with Crippen LogP contribution in [0.2, 0.25) is 0 Å². The average Bonchev–Trinajstić information content (AvgIpc) is 2.69. The Bertz CT molecular complexity index is 657. The van der Waals surface area contributed by atoms with E-state index >= 15 is 0 Å². The molecule has 1 aliphatic rings. The molecule has 1 aromatic carbocycles. The number of methoxy groups -OCH3 is 1. The minimum absolute atomic E-state index is 0.0805. The van der Waals surface area contributed by atoms with Crippen LogP contribution in [0.15, 0.2) is 18.2 Å². The van der Waals surface area contributed by atoms with Crippen LogP contribution < -0.4 is 9.04 Å². The van der Waals surface area contributed by atoms with E-state index in [2.05, 4.69) is 11.8 Å². The molecule has 20 heavy (non-hydrogen) atoms. The summed E-state index contributed by atoms with van der Waals surface area (Å²) in [4.78, 5) is 0. The van der Waals surface area contributed by atoms with Crippen LogP contribution in [0.25, 0.3) is 0 Å². The highest BCUT2D eigenvalue weighted by molar-refractivity contribution is 7.93. The molecule has 1 aromatic rings. The zero-order valence-corrected chi connectivity index (χ0v) is 12.3. The number of rotatable bonds is 2. The summed E-state index contributed by atoms with van der Waals surface area (Å²) in [5.74, 6) is 6.04. The second-order valence-electron chi connectivity index (χ2n) is 4.76. The van der Waals surface area contributed by atoms with Gasteiger partial charge in [0.1, 0.15) is 12.4 Å². The van der Waals surface area contributed by atoms with Crippen LogP contribution in [0, 0.1) is 17.8 Å². The summed E-state index contributed by atoms with van der Waals surface area (Å²) in [5, 5.41) is 8.72. The molecule has 6 heteroatoms. The first-order valence-corrected chi connectivity index (χ1v) is 7.87. The first kappa shape index (κ1) is 14.7. The number of ether oxygens (including phenoxy) is 1. The second-order valence-corrected chi connectivity index (χ2v) is 6.70. The van der Waals surface area contributed by atoms with E-state index in [0.29, 0.717) is 23.5 Å². The lowest BCUT2D eigenvalue weighted by Gasteiger charge is -2.20. The SMILES string of the molecule is COc1ccc(C#CCO)cc1N1CC(C)CS1(=O)=O. The monoisotopic (exact) mass is 295 g/mol. The molecule has 1 atom stereocenters. The first-order valence-electron chi connectivity index (χ1n) is 6.26. The Kier molecular flexibility index (Phi) is 4.21. The van der Waals surface area contributed by atoms with E-state index in [-0.39, 0.29) is 18.3 Å². The molecular formula is C14H17NO4S. The van der Waals surface area contributed by atoms with Crippen molar-refractivity contribution in [1.82, 2.24) is 0 Å².